The van der Waals surface area contributed by atoms with Gasteiger partial charge in [0.05, 0.1) is 11.5 Å². The molecule has 9 heteroatoms. The lowest BCUT2D eigenvalue weighted by atomic mass is 10.1. The van der Waals surface area contributed by atoms with Crippen molar-refractivity contribution in [3.05, 3.63) is 59.2 Å². The van der Waals surface area contributed by atoms with E-state index < -0.39 is 36.1 Å². The second-order valence-corrected chi connectivity index (χ2v) is 7.38. The van der Waals surface area contributed by atoms with Crippen LogP contribution >= 0.6 is 0 Å². The smallest absolute Gasteiger partial charge is 0.416 e. The SMILES string of the molecule is Cc1cccc(C)c1N1C[C@@H](C(=O)OCC(=O)Nc2cccc(C(F)(F)F)c2)CC1=O. The summed E-state index contributed by atoms with van der Waals surface area (Å²) in [5.74, 6) is -2.43. The van der Waals surface area contributed by atoms with Gasteiger partial charge in [0.1, 0.15) is 0 Å². The van der Waals surface area contributed by atoms with Crippen LogP contribution in [0.2, 0.25) is 0 Å². The Hall–Kier alpha value is -3.36. The highest BCUT2D eigenvalue weighted by Crippen LogP contribution is 2.32. The van der Waals surface area contributed by atoms with E-state index in [4.69, 9.17) is 4.74 Å². The van der Waals surface area contributed by atoms with Crippen molar-refractivity contribution in [2.75, 3.05) is 23.4 Å². The molecule has 164 valence electrons. The average molecular weight is 434 g/mol. The van der Waals surface area contributed by atoms with Gasteiger partial charge in [-0.3, -0.25) is 14.4 Å². The summed E-state index contributed by atoms with van der Waals surface area (Å²) >= 11 is 0. The second kappa shape index (κ2) is 8.79. The van der Waals surface area contributed by atoms with E-state index in [1.165, 1.54) is 6.07 Å². The van der Waals surface area contributed by atoms with Crippen LogP contribution in [0, 0.1) is 19.8 Å². The van der Waals surface area contributed by atoms with Crippen LogP contribution in [0.3, 0.4) is 0 Å². The first-order chi connectivity index (χ1) is 14.6. The van der Waals surface area contributed by atoms with Crippen LogP contribution in [0.4, 0.5) is 24.5 Å². The van der Waals surface area contributed by atoms with Crippen molar-refractivity contribution in [2.24, 2.45) is 5.92 Å². The Bertz CT molecular complexity index is 1000. The monoisotopic (exact) mass is 434 g/mol. The summed E-state index contributed by atoms with van der Waals surface area (Å²) in [6.07, 6.45) is -4.58. The molecule has 1 N–H and O–H groups in total. The lowest BCUT2D eigenvalue weighted by Crippen LogP contribution is -2.29. The van der Waals surface area contributed by atoms with Gasteiger partial charge >= 0.3 is 12.1 Å². The van der Waals surface area contributed by atoms with E-state index in [1.807, 2.05) is 32.0 Å². The number of hydrogen-bond donors (Lipinski definition) is 1. The highest BCUT2D eigenvalue weighted by molar-refractivity contribution is 6.01. The molecule has 6 nitrogen and oxygen atoms in total. The van der Waals surface area contributed by atoms with E-state index in [-0.39, 0.29) is 24.6 Å². The van der Waals surface area contributed by atoms with Gasteiger partial charge in [-0.05, 0) is 43.2 Å². The van der Waals surface area contributed by atoms with E-state index in [1.54, 1.807) is 4.90 Å². The maximum atomic E-state index is 12.8. The molecular formula is C22H21F3N2O4. The molecule has 1 fully saturated rings. The highest BCUT2D eigenvalue weighted by Gasteiger charge is 2.37. The van der Waals surface area contributed by atoms with Crippen LogP contribution in [0.25, 0.3) is 0 Å². The second-order valence-electron chi connectivity index (χ2n) is 7.38. The molecule has 1 aliphatic heterocycles. The number of para-hydroxylation sites is 1. The largest absolute Gasteiger partial charge is 0.455 e. The molecular weight excluding hydrogens is 413 g/mol. The third-order valence-corrected chi connectivity index (χ3v) is 4.99. The zero-order valence-electron chi connectivity index (χ0n) is 17.0. The Morgan fingerprint density at radius 3 is 2.42 bits per heavy atom. The molecule has 31 heavy (non-hydrogen) atoms. The Balaban J connectivity index is 1.57. The molecule has 3 rings (SSSR count). The fourth-order valence-electron chi connectivity index (χ4n) is 3.54. The van der Waals surface area contributed by atoms with Gasteiger partial charge in [-0.1, -0.05) is 24.3 Å². The molecule has 0 spiro atoms. The predicted octanol–water partition coefficient (Wildman–Crippen LogP) is 3.86. The summed E-state index contributed by atoms with van der Waals surface area (Å²) in [6, 6.07) is 9.76. The number of aryl methyl sites for hydroxylation is 2. The van der Waals surface area contributed by atoms with E-state index in [9.17, 15) is 27.6 Å². The fraction of sp³-hybridized carbons (Fsp3) is 0.318. The molecule has 0 bridgehead atoms. The van der Waals surface area contributed by atoms with Crippen molar-refractivity contribution in [3.8, 4) is 0 Å². The number of amides is 2. The molecule has 0 aromatic heterocycles. The molecule has 1 atom stereocenters. The number of nitrogens with zero attached hydrogens (tertiary/aromatic N) is 1. The minimum absolute atomic E-state index is 0.0398. The van der Waals surface area contributed by atoms with Gasteiger partial charge in [-0.2, -0.15) is 13.2 Å². The molecule has 0 aliphatic carbocycles. The Morgan fingerprint density at radius 2 is 1.77 bits per heavy atom. The first kappa shape index (κ1) is 22.3. The minimum atomic E-state index is -4.54. The van der Waals surface area contributed by atoms with Crippen molar-refractivity contribution in [2.45, 2.75) is 26.4 Å². The normalized spacial score (nSPS) is 16.4. The first-order valence-electron chi connectivity index (χ1n) is 9.56. The fourth-order valence-corrected chi connectivity index (χ4v) is 3.54. The van der Waals surface area contributed by atoms with Crippen LogP contribution < -0.4 is 10.2 Å². The van der Waals surface area contributed by atoms with Gasteiger partial charge in [0, 0.05) is 24.3 Å². The van der Waals surface area contributed by atoms with Gasteiger partial charge in [-0.15, -0.1) is 0 Å². The number of benzene rings is 2. The van der Waals surface area contributed by atoms with Crippen molar-refractivity contribution in [3.63, 3.8) is 0 Å². The number of halogens is 3. The number of esters is 1. The van der Waals surface area contributed by atoms with Crippen LogP contribution in [0.1, 0.15) is 23.1 Å². The Morgan fingerprint density at radius 1 is 1.13 bits per heavy atom. The van der Waals surface area contributed by atoms with Gasteiger partial charge in [-0.25, -0.2) is 0 Å². The topological polar surface area (TPSA) is 75.7 Å². The molecule has 1 heterocycles. The average Bonchev–Trinajstić information content (AvgIpc) is 3.07. The number of hydrogen-bond acceptors (Lipinski definition) is 4. The van der Waals surface area contributed by atoms with E-state index in [0.717, 1.165) is 35.0 Å². The van der Waals surface area contributed by atoms with Gasteiger partial charge in [0.25, 0.3) is 5.91 Å². The van der Waals surface area contributed by atoms with E-state index in [0.29, 0.717) is 0 Å². The third kappa shape index (κ3) is 5.22. The summed E-state index contributed by atoms with van der Waals surface area (Å²) in [4.78, 5) is 38.3. The number of carbonyl (C=O) groups excluding carboxylic acids is 3. The minimum Gasteiger partial charge on any atom is -0.455 e. The molecule has 0 unspecified atom stereocenters. The summed E-state index contributed by atoms with van der Waals surface area (Å²) in [5.41, 5.74) is 1.60. The summed E-state index contributed by atoms with van der Waals surface area (Å²) in [7, 11) is 0. The van der Waals surface area contributed by atoms with Crippen LogP contribution in [-0.2, 0) is 25.3 Å². The lowest BCUT2D eigenvalue weighted by Gasteiger charge is -2.21. The lowest BCUT2D eigenvalue weighted by molar-refractivity contribution is -0.151. The summed E-state index contributed by atoms with van der Waals surface area (Å²) in [6.45, 7) is 3.22. The number of alkyl halides is 3. The van der Waals surface area contributed by atoms with Crippen molar-refractivity contribution in [1.29, 1.82) is 0 Å². The summed E-state index contributed by atoms with van der Waals surface area (Å²) < 4.78 is 43.3. The molecule has 2 aromatic carbocycles. The molecule has 0 radical (unpaired) electrons. The number of nitrogens with one attached hydrogen (secondary N) is 1. The van der Waals surface area contributed by atoms with Gasteiger partial charge in [0.15, 0.2) is 6.61 Å². The number of rotatable bonds is 5. The number of anilines is 2. The standard InChI is InChI=1S/C22H21F3N2O4/c1-13-5-3-6-14(2)20(13)27-11-15(9-19(27)29)21(30)31-12-18(28)26-17-8-4-7-16(10-17)22(23,24)25/h3-8,10,15H,9,11-12H2,1-2H3,(H,26,28)/t15-/m0/s1. The van der Waals surface area contributed by atoms with Gasteiger partial charge < -0.3 is 15.0 Å². The Kier molecular flexibility index (Phi) is 6.33. The van der Waals surface area contributed by atoms with Crippen molar-refractivity contribution < 1.29 is 32.3 Å². The predicted molar refractivity (Wildman–Crippen MR) is 107 cm³/mol. The maximum absolute atomic E-state index is 12.8. The molecule has 2 amide bonds. The molecule has 1 saturated heterocycles. The number of carbonyl (C=O) groups is 3. The first-order valence-corrected chi connectivity index (χ1v) is 9.56. The van der Waals surface area contributed by atoms with E-state index >= 15 is 0 Å². The zero-order chi connectivity index (χ0) is 22.8. The van der Waals surface area contributed by atoms with Gasteiger partial charge in [0.2, 0.25) is 5.91 Å². The molecule has 1 aliphatic rings. The van der Waals surface area contributed by atoms with Crippen LogP contribution in [0.15, 0.2) is 42.5 Å². The van der Waals surface area contributed by atoms with Crippen molar-refractivity contribution >= 4 is 29.2 Å². The molecule has 2 aromatic rings. The van der Waals surface area contributed by atoms with Crippen molar-refractivity contribution in [1.82, 2.24) is 0 Å². The maximum Gasteiger partial charge on any atom is 0.416 e. The zero-order valence-corrected chi connectivity index (χ0v) is 17.0. The quantitative estimate of drug-likeness (QED) is 0.726. The highest BCUT2D eigenvalue weighted by atomic mass is 19.4. The van der Waals surface area contributed by atoms with Crippen LogP contribution in [0.5, 0.6) is 0 Å². The Labute approximate surface area is 177 Å². The van der Waals surface area contributed by atoms with Crippen LogP contribution in [-0.4, -0.2) is 30.9 Å². The number of ether oxygens (including phenoxy) is 1. The molecule has 0 saturated carbocycles. The summed E-state index contributed by atoms with van der Waals surface area (Å²) in [5, 5.41) is 2.27. The third-order valence-electron chi connectivity index (χ3n) is 4.99. The van der Waals surface area contributed by atoms with E-state index in [2.05, 4.69) is 5.32 Å².